The Bertz CT molecular complexity index is 533. The molecule has 1 aromatic carbocycles. The zero-order valence-electron chi connectivity index (χ0n) is 9.36. The summed E-state index contributed by atoms with van der Waals surface area (Å²) in [6.07, 6.45) is 1.18. The SMILES string of the molecule is NC(c1cc2cccc(Cl)c2o1)C1CCSC1. The third-order valence-electron chi connectivity index (χ3n) is 3.32. The Labute approximate surface area is 109 Å². The van der Waals surface area contributed by atoms with Gasteiger partial charge in [0.1, 0.15) is 5.76 Å². The number of para-hydroxylation sites is 1. The van der Waals surface area contributed by atoms with Gasteiger partial charge in [-0.2, -0.15) is 11.8 Å². The number of nitrogens with two attached hydrogens (primary N) is 1. The third-order valence-corrected chi connectivity index (χ3v) is 4.80. The smallest absolute Gasteiger partial charge is 0.152 e. The minimum Gasteiger partial charge on any atom is -0.458 e. The summed E-state index contributed by atoms with van der Waals surface area (Å²) in [6.45, 7) is 0. The summed E-state index contributed by atoms with van der Waals surface area (Å²) in [4.78, 5) is 0. The van der Waals surface area contributed by atoms with Gasteiger partial charge in [0.15, 0.2) is 5.58 Å². The molecular formula is C13H14ClNOS. The van der Waals surface area contributed by atoms with Crippen LogP contribution in [0.1, 0.15) is 18.2 Å². The maximum atomic E-state index is 6.26. The number of hydrogen-bond acceptors (Lipinski definition) is 3. The van der Waals surface area contributed by atoms with Crippen molar-refractivity contribution in [1.82, 2.24) is 0 Å². The highest BCUT2D eigenvalue weighted by Crippen LogP contribution is 2.36. The van der Waals surface area contributed by atoms with Crippen molar-refractivity contribution in [2.24, 2.45) is 11.7 Å². The van der Waals surface area contributed by atoms with Gasteiger partial charge in [0.2, 0.25) is 0 Å². The van der Waals surface area contributed by atoms with Crippen molar-refractivity contribution < 1.29 is 4.42 Å². The molecule has 0 radical (unpaired) electrons. The van der Waals surface area contributed by atoms with Crippen LogP contribution in [0.2, 0.25) is 5.02 Å². The summed E-state index contributed by atoms with van der Waals surface area (Å²) in [5.41, 5.74) is 7.02. The van der Waals surface area contributed by atoms with Crippen molar-refractivity contribution in [2.45, 2.75) is 12.5 Å². The number of hydrogen-bond donors (Lipinski definition) is 1. The molecule has 1 aliphatic heterocycles. The molecule has 0 aliphatic carbocycles. The van der Waals surface area contributed by atoms with E-state index in [1.54, 1.807) is 0 Å². The Morgan fingerprint density at radius 1 is 1.47 bits per heavy atom. The van der Waals surface area contributed by atoms with E-state index in [1.807, 2.05) is 36.0 Å². The van der Waals surface area contributed by atoms with Gasteiger partial charge in [-0.25, -0.2) is 0 Å². The summed E-state index contributed by atoms with van der Waals surface area (Å²) in [6, 6.07) is 7.79. The second-order valence-corrected chi connectivity index (χ2v) is 6.01. The topological polar surface area (TPSA) is 39.2 Å². The molecule has 2 atom stereocenters. The van der Waals surface area contributed by atoms with Gasteiger partial charge in [0, 0.05) is 5.39 Å². The number of thioether (sulfide) groups is 1. The molecule has 1 saturated heterocycles. The molecule has 17 heavy (non-hydrogen) atoms. The van der Waals surface area contributed by atoms with E-state index >= 15 is 0 Å². The molecule has 4 heteroatoms. The maximum absolute atomic E-state index is 6.26. The first kappa shape index (κ1) is 11.5. The quantitative estimate of drug-likeness (QED) is 0.899. The lowest BCUT2D eigenvalue weighted by atomic mass is 9.98. The van der Waals surface area contributed by atoms with Gasteiger partial charge in [-0.15, -0.1) is 0 Å². The number of benzene rings is 1. The molecule has 0 amide bonds. The van der Waals surface area contributed by atoms with Crippen molar-refractivity contribution in [3.63, 3.8) is 0 Å². The molecule has 3 rings (SSSR count). The minimum absolute atomic E-state index is 0.00605. The Morgan fingerprint density at radius 2 is 2.35 bits per heavy atom. The van der Waals surface area contributed by atoms with E-state index in [9.17, 15) is 0 Å². The summed E-state index contributed by atoms with van der Waals surface area (Å²) in [5.74, 6) is 3.73. The van der Waals surface area contributed by atoms with Crippen molar-refractivity contribution in [2.75, 3.05) is 11.5 Å². The first-order valence-corrected chi connectivity index (χ1v) is 7.30. The lowest BCUT2D eigenvalue weighted by Crippen LogP contribution is -2.20. The molecule has 0 saturated carbocycles. The van der Waals surface area contributed by atoms with Crippen LogP contribution in [0.5, 0.6) is 0 Å². The number of rotatable bonds is 2. The summed E-state index contributed by atoms with van der Waals surface area (Å²) < 4.78 is 5.81. The van der Waals surface area contributed by atoms with Crippen molar-refractivity contribution >= 4 is 34.3 Å². The molecular weight excluding hydrogens is 254 g/mol. The van der Waals surface area contributed by atoms with Gasteiger partial charge in [-0.3, -0.25) is 0 Å². The number of halogens is 1. The highest BCUT2D eigenvalue weighted by molar-refractivity contribution is 7.99. The summed E-state index contributed by atoms with van der Waals surface area (Å²) in [5, 5.41) is 1.69. The Morgan fingerprint density at radius 3 is 3.06 bits per heavy atom. The fourth-order valence-corrected chi connectivity index (χ4v) is 3.81. The van der Waals surface area contributed by atoms with E-state index in [-0.39, 0.29) is 6.04 Å². The first-order chi connectivity index (χ1) is 8.25. The van der Waals surface area contributed by atoms with E-state index in [1.165, 1.54) is 12.2 Å². The van der Waals surface area contributed by atoms with Gasteiger partial charge in [-0.1, -0.05) is 23.7 Å². The molecule has 1 aliphatic rings. The van der Waals surface area contributed by atoms with Crippen LogP contribution >= 0.6 is 23.4 Å². The summed E-state index contributed by atoms with van der Waals surface area (Å²) in [7, 11) is 0. The van der Waals surface area contributed by atoms with Gasteiger partial charge >= 0.3 is 0 Å². The lowest BCUT2D eigenvalue weighted by molar-refractivity contribution is 0.402. The molecule has 2 unspecified atom stereocenters. The van der Waals surface area contributed by atoms with E-state index in [0.29, 0.717) is 10.9 Å². The van der Waals surface area contributed by atoms with Crippen LogP contribution in [0.25, 0.3) is 11.0 Å². The normalized spacial score (nSPS) is 22.1. The first-order valence-electron chi connectivity index (χ1n) is 5.77. The molecule has 2 heterocycles. The van der Waals surface area contributed by atoms with E-state index in [0.717, 1.165) is 22.5 Å². The number of fused-ring (bicyclic) bond motifs is 1. The largest absolute Gasteiger partial charge is 0.458 e. The van der Waals surface area contributed by atoms with Crippen molar-refractivity contribution in [1.29, 1.82) is 0 Å². The van der Waals surface area contributed by atoms with E-state index in [2.05, 4.69) is 0 Å². The second kappa shape index (κ2) is 4.56. The second-order valence-electron chi connectivity index (χ2n) is 4.46. The highest BCUT2D eigenvalue weighted by atomic mass is 35.5. The zero-order chi connectivity index (χ0) is 11.8. The minimum atomic E-state index is -0.00605. The van der Waals surface area contributed by atoms with Crippen molar-refractivity contribution in [3.8, 4) is 0 Å². The van der Waals surface area contributed by atoms with Gasteiger partial charge in [0.25, 0.3) is 0 Å². The van der Waals surface area contributed by atoms with Crippen LogP contribution in [-0.4, -0.2) is 11.5 Å². The Kier molecular flexibility index (Phi) is 3.07. The van der Waals surface area contributed by atoms with Gasteiger partial charge in [0.05, 0.1) is 11.1 Å². The molecule has 0 spiro atoms. The zero-order valence-corrected chi connectivity index (χ0v) is 10.9. The Hall–Kier alpha value is -0.640. The van der Waals surface area contributed by atoms with E-state index in [4.69, 9.17) is 21.8 Å². The monoisotopic (exact) mass is 267 g/mol. The molecule has 0 bridgehead atoms. The predicted octanol–water partition coefficient (Wildman–Crippen LogP) is 3.84. The average Bonchev–Trinajstić information content (AvgIpc) is 2.98. The molecule has 2 aromatic rings. The molecule has 2 N–H and O–H groups in total. The van der Waals surface area contributed by atoms with Crippen LogP contribution in [0.3, 0.4) is 0 Å². The van der Waals surface area contributed by atoms with Crippen LogP contribution in [0, 0.1) is 5.92 Å². The molecule has 1 fully saturated rings. The van der Waals surface area contributed by atoms with Gasteiger partial charge in [-0.05, 0) is 36.0 Å². The average molecular weight is 268 g/mol. The third kappa shape index (κ3) is 2.07. The van der Waals surface area contributed by atoms with Crippen LogP contribution in [0.15, 0.2) is 28.7 Å². The van der Waals surface area contributed by atoms with Crippen LogP contribution in [0.4, 0.5) is 0 Å². The highest BCUT2D eigenvalue weighted by Gasteiger charge is 2.26. The van der Waals surface area contributed by atoms with Crippen LogP contribution < -0.4 is 5.73 Å². The fraction of sp³-hybridized carbons (Fsp3) is 0.385. The number of furan rings is 1. The lowest BCUT2D eigenvalue weighted by Gasteiger charge is -2.15. The molecule has 2 nitrogen and oxygen atoms in total. The molecule has 1 aromatic heterocycles. The maximum Gasteiger partial charge on any atom is 0.152 e. The van der Waals surface area contributed by atoms with Gasteiger partial charge < -0.3 is 10.2 Å². The summed E-state index contributed by atoms with van der Waals surface area (Å²) >= 11 is 8.06. The fourth-order valence-electron chi connectivity index (χ4n) is 2.28. The van der Waals surface area contributed by atoms with Crippen molar-refractivity contribution in [3.05, 3.63) is 35.0 Å². The predicted molar refractivity (Wildman–Crippen MR) is 73.6 cm³/mol. The van der Waals surface area contributed by atoms with E-state index < -0.39 is 0 Å². The molecule has 90 valence electrons. The standard InChI is InChI=1S/C13H14ClNOS/c14-10-3-1-2-8-6-11(16-13(8)10)12(15)9-4-5-17-7-9/h1-3,6,9,12H,4-5,7,15H2. The van der Waals surface area contributed by atoms with Crippen LogP contribution in [-0.2, 0) is 0 Å². The Balaban J connectivity index is 1.97.